The largest absolute Gasteiger partial charge is 0.493 e. The van der Waals surface area contributed by atoms with Crippen LogP contribution in [-0.2, 0) is 20.9 Å². The van der Waals surface area contributed by atoms with Gasteiger partial charge >= 0.3 is 0 Å². The molecule has 4 rings (SSSR count). The second-order valence-corrected chi connectivity index (χ2v) is 9.69. The van der Waals surface area contributed by atoms with Gasteiger partial charge in [0, 0.05) is 31.4 Å². The molecule has 2 aromatic heterocycles. The number of amides is 2. The standard InChI is InChI=1S/C28H38N6O6/c1-5-39-16-8-15-33(26(23-13-11-19(2)40-23)28(36)29-21-9-6-7-10-21)25(35)18-34-31-27(30-32-34)20-12-14-22(37-3)24(17-20)38-4/h11-14,17,21,26H,5-10,15-16,18H2,1-4H3,(H,29,36). The van der Waals surface area contributed by atoms with Crippen molar-refractivity contribution in [3.05, 3.63) is 41.9 Å². The van der Waals surface area contributed by atoms with Crippen molar-refractivity contribution >= 4 is 11.8 Å². The van der Waals surface area contributed by atoms with E-state index in [0.29, 0.717) is 60.6 Å². The minimum Gasteiger partial charge on any atom is -0.493 e. The highest BCUT2D eigenvalue weighted by atomic mass is 16.5. The van der Waals surface area contributed by atoms with Crippen LogP contribution in [0.25, 0.3) is 11.4 Å². The molecule has 0 bridgehead atoms. The molecule has 216 valence electrons. The number of furan rings is 1. The fraction of sp³-hybridized carbons (Fsp3) is 0.536. The maximum atomic E-state index is 13.8. The number of nitrogens with one attached hydrogen (secondary N) is 1. The van der Waals surface area contributed by atoms with Crippen molar-refractivity contribution in [3.8, 4) is 22.9 Å². The molecule has 1 aliphatic carbocycles. The summed E-state index contributed by atoms with van der Waals surface area (Å²) in [5.74, 6) is 1.90. The number of hydrogen-bond donors (Lipinski definition) is 1. The lowest BCUT2D eigenvalue weighted by molar-refractivity contribution is -0.143. The molecule has 3 aromatic rings. The number of nitrogens with zero attached hydrogens (tertiary/aromatic N) is 5. The highest BCUT2D eigenvalue weighted by Gasteiger charge is 2.35. The molecule has 0 radical (unpaired) electrons. The van der Waals surface area contributed by atoms with Gasteiger partial charge in [-0.05, 0) is 68.7 Å². The summed E-state index contributed by atoms with van der Waals surface area (Å²) in [5.41, 5.74) is 0.657. The predicted octanol–water partition coefficient (Wildman–Crippen LogP) is 3.31. The number of tetrazole rings is 1. The maximum Gasteiger partial charge on any atom is 0.250 e. The molecule has 0 aliphatic heterocycles. The Kier molecular flexibility index (Phi) is 10.1. The fourth-order valence-corrected chi connectivity index (χ4v) is 4.87. The maximum absolute atomic E-state index is 13.8. The van der Waals surface area contributed by atoms with Crippen molar-refractivity contribution in [1.82, 2.24) is 30.4 Å². The van der Waals surface area contributed by atoms with Crippen LogP contribution >= 0.6 is 0 Å². The van der Waals surface area contributed by atoms with Gasteiger partial charge < -0.3 is 28.8 Å². The van der Waals surface area contributed by atoms with Crippen LogP contribution in [0.4, 0.5) is 0 Å². The van der Waals surface area contributed by atoms with Crippen LogP contribution in [0.5, 0.6) is 11.5 Å². The predicted molar refractivity (Wildman–Crippen MR) is 146 cm³/mol. The molecule has 1 saturated carbocycles. The Morgan fingerprint density at radius 1 is 1.15 bits per heavy atom. The average Bonchev–Trinajstić information content (AvgIpc) is 3.73. The van der Waals surface area contributed by atoms with E-state index in [9.17, 15) is 9.59 Å². The molecule has 1 fully saturated rings. The minimum absolute atomic E-state index is 0.0902. The van der Waals surface area contributed by atoms with E-state index in [-0.39, 0.29) is 24.4 Å². The van der Waals surface area contributed by atoms with Crippen LogP contribution < -0.4 is 14.8 Å². The Hall–Kier alpha value is -3.93. The number of methoxy groups -OCH3 is 2. The molecule has 1 N–H and O–H groups in total. The third-order valence-electron chi connectivity index (χ3n) is 6.88. The summed E-state index contributed by atoms with van der Waals surface area (Å²) >= 11 is 0. The summed E-state index contributed by atoms with van der Waals surface area (Å²) in [6, 6.07) is 7.98. The van der Waals surface area contributed by atoms with Gasteiger partial charge in [-0.2, -0.15) is 4.80 Å². The van der Waals surface area contributed by atoms with Crippen molar-refractivity contribution in [2.24, 2.45) is 0 Å². The normalized spacial score (nSPS) is 14.2. The summed E-state index contributed by atoms with van der Waals surface area (Å²) in [5, 5.41) is 15.8. The van der Waals surface area contributed by atoms with Gasteiger partial charge in [-0.25, -0.2) is 0 Å². The molecule has 12 heteroatoms. The third kappa shape index (κ3) is 7.17. The number of ether oxygens (including phenoxy) is 3. The average molecular weight is 555 g/mol. The van der Waals surface area contributed by atoms with Gasteiger partial charge in [-0.3, -0.25) is 9.59 Å². The van der Waals surface area contributed by atoms with Crippen molar-refractivity contribution in [2.75, 3.05) is 34.0 Å². The lowest BCUT2D eigenvalue weighted by Gasteiger charge is -2.30. The minimum atomic E-state index is -0.933. The van der Waals surface area contributed by atoms with E-state index in [4.69, 9.17) is 18.6 Å². The molecule has 12 nitrogen and oxygen atoms in total. The summed E-state index contributed by atoms with van der Waals surface area (Å²) in [6.45, 7) is 4.84. The van der Waals surface area contributed by atoms with Crippen LogP contribution in [0, 0.1) is 6.92 Å². The molecule has 2 amide bonds. The Labute approximate surface area is 233 Å². The molecule has 1 aromatic carbocycles. The molecule has 2 heterocycles. The van der Waals surface area contributed by atoms with Gasteiger partial charge in [-0.1, -0.05) is 12.8 Å². The van der Waals surface area contributed by atoms with E-state index in [1.807, 2.05) is 13.8 Å². The van der Waals surface area contributed by atoms with Gasteiger partial charge in [0.25, 0.3) is 5.91 Å². The Morgan fingerprint density at radius 3 is 2.60 bits per heavy atom. The van der Waals surface area contributed by atoms with Gasteiger partial charge in [0.1, 0.15) is 18.1 Å². The zero-order valence-electron chi connectivity index (χ0n) is 23.6. The van der Waals surface area contributed by atoms with Crippen LogP contribution in [0.15, 0.2) is 34.7 Å². The zero-order valence-corrected chi connectivity index (χ0v) is 23.6. The second-order valence-electron chi connectivity index (χ2n) is 9.69. The summed E-state index contributed by atoms with van der Waals surface area (Å²) in [6.07, 6.45) is 4.55. The lowest BCUT2D eigenvalue weighted by Crippen LogP contribution is -2.47. The molecular weight excluding hydrogens is 516 g/mol. The van der Waals surface area contributed by atoms with Crippen LogP contribution in [0.1, 0.15) is 56.6 Å². The number of carbonyl (C=O) groups excluding carboxylic acids is 2. The van der Waals surface area contributed by atoms with E-state index < -0.39 is 6.04 Å². The Bertz CT molecular complexity index is 1270. The molecule has 0 saturated heterocycles. The fourth-order valence-electron chi connectivity index (χ4n) is 4.87. The van der Waals surface area contributed by atoms with E-state index in [1.54, 1.807) is 44.6 Å². The van der Waals surface area contributed by atoms with Crippen LogP contribution in [0.2, 0.25) is 0 Å². The van der Waals surface area contributed by atoms with E-state index >= 15 is 0 Å². The smallest absolute Gasteiger partial charge is 0.250 e. The number of aryl methyl sites for hydroxylation is 1. The van der Waals surface area contributed by atoms with Gasteiger partial charge in [0.05, 0.1) is 14.2 Å². The van der Waals surface area contributed by atoms with Crippen molar-refractivity contribution < 1.29 is 28.2 Å². The topological polar surface area (TPSA) is 134 Å². The first-order valence-electron chi connectivity index (χ1n) is 13.7. The first-order valence-corrected chi connectivity index (χ1v) is 13.7. The van der Waals surface area contributed by atoms with Gasteiger partial charge in [0.2, 0.25) is 11.7 Å². The number of carbonyl (C=O) groups is 2. The quantitative estimate of drug-likeness (QED) is 0.298. The first kappa shape index (κ1) is 29.1. The van der Waals surface area contributed by atoms with Crippen molar-refractivity contribution in [1.29, 1.82) is 0 Å². The van der Waals surface area contributed by atoms with Crippen molar-refractivity contribution in [3.63, 3.8) is 0 Å². The highest BCUT2D eigenvalue weighted by molar-refractivity contribution is 5.88. The lowest BCUT2D eigenvalue weighted by atomic mass is 10.1. The summed E-state index contributed by atoms with van der Waals surface area (Å²) in [4.78, 5) is 30.2. The number of benzene rings is 1. The number of aromatic nitrogens is 4. The SMILES string of the molecule is CCOCCCN(C(=O)Cn1nnc(-c2ccc(OC)c(OC)c2)n1)C(C(=O)NC1CCCC1)c1ccc(C)o1. The molecule has 1 unspecified atom stereocenters. The molecule has 0 spiro atoms. The zero-order chi connectivity index (χ0) is 28.5. The molecular formula is C28H38N6O6. The number of rotatable bonds is 14. The second kappa shape index (κ2) is 13.9. The van der Waals surface area contributed by atoms with E-state index in [1.165, 1.54) is 9.70 Å². The van der Waals surface area contributed by atoms with E-state index in [2.05, 4.69) is 20.7 Å². The molecule has 1 aliphatic rings. The summed E-state index contributed by atoms with van der Waals surface area (Å²) in [7, 11) is 3.10. The monoisotopic (exact) mass is 554 g/mol. The van der Waals surface area contributed by atoms with E-state index in [0.717, 1.165) is 25.7 Å². The van der Waals surface area contributed by atoms with Crippen LogP contribution in [0.3, 0.4) is 0 Å². The number of hydrogen-bond acceptors (Lipinski definition) is 9. The Balaban J connectivity index is 1.57. The highest BCUT2D eigenvalue weighted by Crippen LogP contribution is 2.31. The van der Waals surface area contributed by atoms with Crippen molar-refractivity contribution in [2.45, 2.75) is 64.6 Å². The molecule has 40 heavy (non-hydrogen) atoms. The summed E-state index contributed by atoms with van der Waals surface area (Å²) < 4.78 is 22.1. The van der Waals surface area contributed by atoms with Gasteiger partial charge in [0.15, 0.2) is 17.5 Å². The third-order valence-corrected chi connectivity index (χ3v) is 6.88. The Morgan fingerprint density at radius 2 is 1.93 bits per heavy atom. The molecule has 1 atom stereocenters. The first-order chi connectivity index (χ1) is 19.4. The van der Waals surface area contributed by atoms with Gasteiger partial charge in [-0.15, -0.1) is 10.2 Å². The van der Waals surface area contributed by atoms with Crippen LogP contribution in [-0.4, -0.2) is 76.9 Å².